The van der Waals surface area contributed by atoms with Gasteiger partial charge < -0.3 is 14.8 Å². The molecule has 4 heteroatoms. The Kier molecular flexibility index (Phi) is 6.41. The van der Waals surface area contributed by atoms with Crippen molar-refractivity contribution in [3.8, 4) is 0 Å². The molecule has 0 aromatic carbocycles. The minimum atomic E-state index is 0.106. The fourth-order valence-electron chi connectivity index (χ4n) is 2.44. The zero-order valence-corrected chi connectivity index (χ0v) is 11.8. The Morgan fingerprint density at radius 2 is 2.24 bits per heavy atom. The van der Waals surface area contributed by atoms with Crippen LogP contribution in [0.4, 0.5) is 0 Å². The van der Waals surface area contributed by atoms with Crippen LogP contribution in [0.25, 0.3) is 0 Å². The van der Waals surface area contributed by atoms with Crippen LogP contribution < -0.4 is 5.32 Å². The first-order chi connectivity index (χ1) is 8.11. The molecule has 4 nitrogen and oxygen atoms in total. The van der Waals surface area contributed by atoms with E-state index in [1.165, 1.54) is 6.42 Å². The van der Waals surface area contributed by atoms with Gasteiger partial charge in [0, 0.05) is 31.8 Å². The molecule has 0 aromatic heterocycles. The molecule has 0 bridgehead atoms. The smallest absolute Gasteiger partial charge is 0.0645 e. The maximum atomic E-state index is 5.57. The summed E-state index contributed by atoms with van der Waals surface area (Å²) in [6.45, 7) is 12.2. The normalized spacial score (nSPS) is 22.6. The molecule has 1 rings (SSSR count). The summed E-state index contributed by atoms with van der Waals surface area (Å²) in [7, 11) is 1.78. The average Bonchev–Trinajstić information content (AvgIpc) is 2.28. The zero-order valence-electron chi connectivity index (χ0n) is 11.8. The van der Waals surface area contributed by atoms with Crippen LogP contribution in [0.15, 0.2) is 0 Å². The van der Waals surface area contributed by atoms with Gasteiger partial charge >= 0.3 is 0 Å². The molecule has 0 aliphatic carbocycles. The van der Waals surface area contributed by atoms with Crippen molar-refractivity contribution in [1.82, 2.24) is 10.2 Å². The lowest BCUT2D eigenvalue weighted by Gasteiger charge is -2.46. The molecular weight excluding hydrogens is 216 g/mol. The number of ether oxygens (including phenoxy) is 2. The van der Waals surface area contributed by atoms with Gasteiger partial charge in [-0.2, -0.15) is 0 Å². The van der Waals surface area contributed by atoms with E-state index in [0.29, 0.717) is 6.04 Å². The van der Waals surface area contributed by atoms with Crippen molar-refractivity contribution in [2.45, 2.75) is 38.8 Å². The molecule has 0 aromatic rings. The van der Waals surface area contributed by atoms with Gasteiger partial charge in [0.05, 0.1) is 19.8 Å². The molecule has 1 aliphatic rings. The molecule has 1 saturated heterocycles. The highest BCUT2D eigenvalue weighted by molar-refractivity contribution is 4.90. The van der Waals surface area contributed by atoms with Crippen LogP contribution in [-0.2, 0) is 9.47 Å². The van der Waals surface area contributed by atoms with Crippen molar-refractivity contribution in [2.24, 2.45) is 0 Å². The van der Waals surface area contributed by atoms with Gasteiger partial charge in [-0.1, -0.05) is 6.92 Å². The third-order valence-corrected chi connectivity index (χ3v) is 3.32. The van der Waals surface area contributed by atoms with Gasteiger partial charge in [0.2, 0.25) is 0 Å². The molecule has 1 N–H and O–H groups in total. The lowest BCUT2D eigenvalue weighted by Crippen LogP contribution is -2.60. The van der Waals surface area contributed by atoms with Crippen LogP contribution >= 0.6 is 0 Å². The van der Waals surface area contributed by atoms with E-state index in [0.717, 1.165) is 39.5 Å². The van der Waals surface area contributed by atoms with Crippen LogP contribution in [0.3, 0.4) is 0 Å². The Bertz CT molecular complexity index is 210. The summed E-state index contributed by atoms with van der Waals surface area (Å²) in [5.74, 6) is 0. The number of morpholine rings is 1. The van der Waals surface area contributed by atoms with Gasteiger partial charge in [-0.15, -0.1) is 0 Å². The van der Waals surface area contributed by atoms with Crippen LogP contribution in [-0.4, -0.2) is 63.0 Å². The van der Waals surface area contributed by atoms with E-state index in [9.17, 15) is 0 Å². The Balaban J connectivity index is 2.54. The van der Waals surface area contributed by atoms with Gasteiger partial charge in [0.1, 0.15) is 0 Å². The molecule has 1 aliphatic heterocycles. The quantitative estimate of drug-likeness (QED) is 0.680. The number of hydrogen-bond donors (Lipinski definition) is 1. The summed E-state index contributed by atoms with van der Waals surface area (Å²) in [5, 5.41) is 3.49. The Morgan fingerprint density at radius 1 is 1.47 bits per heavy atom. The van der Waals surface area contributed by atoms with Crippen molar-refractivity contribution in [1.29, 1.82) is 0 Å². The topological polar surface area (TPSA) is 33.7 Å². The fraction of sp³-hybridized carbons (Fsp3) is 1.00. The highest BCUT2D eigenvalue weighted by atomic mass is 16.5. The largest absolute Gasteiger partial charge is 0.383 e. The molecule has 0 amide bonds. The van der Waals surface area contributed by atoms with E-state index in [1.807, 2.05) is 0 Å². The van der Waals surface area contributed by atoms with E-state index >= 15 is 0 Å². The highest BCUT2D eigenvalue weighted by Gasteiger charge is 2.35. The maximum absolute atomic E-state index is 5.57. The summed E-state index contributed by atoms with van der Waals surface area (Å²) >= 11 is 0. The zero-order chi connectivity index (χ0) is 12.7. The van der Waals surface area contributed by atoms with Crippen LogP contribution in [0.1, 0.15) is 27.2 Å². The molecule has 1 heterocycles. The summed E-state index contributed by atoms with van der Waals surface area (Å²) in [6.07, 6.45) is 1.17. The highest BCUT2D eigenvalue weighted by Crippen LogP contribution is 2.21. The Labute approximate surface area is 106 Å². The fourth-order valence-corrected chi connectivity index (χ4v) is 2.44. The van der Waals surface area contributed by atoms with Crippen molar-refractivity contribution in [3.63, 3.8) is 0 Å². The minimum Gasteiger partial charge on any atom is -0.383 e. The lowest BCUT2D eigenvalue weighted by molar-refractivity contribution is -0.0830. The monoisotopic (exact) mass is 244 g/mol. The summed E-state index contributed by atoms with van der Waals surface area (Å²) in [5.41, 5.74) is 0.106. The van der Waals surface area contributed by atoms with Gasteiger partial charge in [-0.25, -0.2) is 0 Å². The molecule has 1 atom stereocenters. The second kappa shape index (κ2) is 7.31. The van der Waals surface area contributed by atoms with E-state index in [1.54, 1.807) is 7.11 Å². The molecule has 17 heavy (non-hydrogen) atoms. The molecule has 102 valence electrons. The number of hydrogen-bond acceptors (Lipinski definition) is 4. The maximum Gasteiger partial charge on any atom is 0.0645 e. The number of nitrogens with zero attached hydrogens (tertiary/aromatic N) is 1. The van der Waals surface area contributed by atoms with Gasteiger partial charge in [-0.3, -0.25) is 4.90 Å². The van der Waals surface area contributed by atoms with Gasteiger partial charge in [-0.05, 0) is 26.8 Å². The third kappa shape index (κ3) is 4.54. The molecule has 0 radical (unpaired) electrons. The van der Waals surface area contributed by atoms with Crippen molar-refractivity contribution in [2.75, 3.05) is 46.6 Å². The molecular formula is C13H28N2O2. The first-order valence-corrected chi connectivity index (χ1v) is 6.66. The summed E-state index contributed by atoms with van der Waals surface area (Å²) in [4.78, 5) is 2.52. The molecule has 1 unspecified atom stereocenters. The van der Waals surface area contributed by atoms with Crippen molar-refractivity contribution >= 4 is 0 Å². The second-order valence-electron chi connectivity index (χ2n) is 5.37. The molecule has 1 fully saturated rings. The summed E-state index contributed by atoms with van der Waals surface area (Å²) < 4.78 is 10.9. The van der Waals surface area contributed by atoms with Crippen molar-refractivity contribution < 1.29 is 9.47 Å². The third-order valence-electron chi connectivity index (χ3n) is 3.32. The second-order valence-corrected chi connectivity index (χ2v) is 5.37. The molecule has 0 saturated carbocycles. The minimum absolute atomic E-state index is 0.106. The van der Waals surface area contributed by atoms with Gasteiger partial charge in [0.15, 0.2) is 0 Å². The number of nitrogens with one attached hydrogen (secondary N) is 1. The number of methoxy groups -OCH3 is 1. The number of rotatable bonds is 7. The predicted octanol–water partition coefficient (Wildman–Crippen LogP) is 1.11. The molecule has 0 spiro atoms. The van der Waals surface area contributed by atoms with E-state index in [4.69, 9.17) is 9.47 Å². The SMILES string of the molecule is CCCNCC(COC)N1CCOCC1(C)C. The van der Waals surface area contributed by atoms with Crippen LogP contribution in [0.2, 0.25) is 0 Å². The van der Waals surface area contributed by atoms with E-state index in [2.05, 4.69) is 31.0 Å². The van der Waals surface area contributed by atoms with Crippen LogP contribution in [0.5, 0.6) is 0 Å². The van der Waals surface area contributed by atoms with Crippen molar-refractivity contribution in [3.05, 3.63) is 0 Å². The summed E-state index contributed by atoms with van der Waals surface area (Å²) in [6, 6.07) is 0.436. The standard InChI is InChI=1S/C13H28N2O2/c1-5-6-14-9-12(10-16-4)15-7-8-17-11-13(15,2)3/h12,14H,5-11H2,1-4H3. The first-order valence-electron chi connectivity index (χ1n) is 6.66. The van der Waals surface area contributed by atoms with Crippen LogP contribution in [0, 0.1) is 0 Å². The Hall–Kier alpha value is -0.160. The average molecular weight is 244 g/mol. The lowest BCUT2D eigenvalue weighted by atomic mass is 9.99. The van der Waals surface area contributed by atoms with E-state index < -0.39 is 0 Å². The van der Waals surface area contributed by atoms with Gasteiger partial charge in [0.25, 0.3) is 0 Å². The predicted molar refractivity (Wildman–Crippen MR) is 70.4 cm³/mol. The Morgan fingerprint density at radius 3 is 2.82 bits per heavy atom. The van der Waals surface area contributed by atoms with E-state index in [-0.39, 0.29) is 5.54 Å². The first kappa shape index (κ1) is 14.9.